The second kappa shape index (κ2) is 7.81. The number of ether oxygens (including phenoxy) is 1. The largest absolute Gasteiger partial charge is 0.494 e. The van der Waals surface area contributed by atoms with Gasteiger partial charge < -0.3 is 14.5 Å². The van der Waals surface area contributed by atoms with Crippen LogP contribution in [0.1, 0.15) is 15.9 Å². The summed E-state index contributed by atoms with van der Waals surface area (Å²) in [7, 11) is 6.43. The number of rotatable bonds is 6. The summed E-state index contributed by atoms with van der Waals surface area (Å²) in [6.45, 7) is 0.148. The maximum atomic E-state index is 13.8. The van der Waals surface area contributed by atoms with Crippen LogP contribution in [-0.2, 0) is 6.54 Å². The highest BCUT2D eigenvalue weighted by molar-refractivity contribution is 6.00. The van der Waals surface area contributed by atoms with Gasteiger partial charge in [-0.25, -0.2) is 4.39 Å². The number of anilines is 1. The normalized spacial score (nSPS) is 10.3. The fraction of sp³-hybridized carbons (Fsp3) is 0.278. The molecule has 138 valence electrons. The molecule has 0 heterocycles. The molecule has 0 aliphatic carbocycles. The van der Waals surface area contributed by atoms with Crippen LogP contribution in [-0.4, -0.2) is 44.0 Å². The number of hydrogen-bond donors (Lipinski definition) is 0. The molecule has 0 bridgehead atoms. The summed E-state index contributed by atoms with van der Waals surface area (Å²) in [4.78, 5) is 26.4. The molecule has 0 aliphatic heterocycles. The van der Waals surface area contributed by atoms with E-state index in [9.17, 15) is 19.3 Å². The molecule has 0 spiro atoms. The molecule has 0 radical (unpaired) electrons. The highest BCUT2D eigenvalue weighted by Gasteiger charge is 2.21. The van der Waals surface area contributed by atoms with Gasteiger partial charge >= 0.3 is 0 Å². The van der Waals surface area contributed by atoms with Crippen LogP contribution in [0.25, 0.3) is 0 Å². The van der Waals surface area contributed by atoms with Crippen LogP contribution in [0.4, 0.5) is 15.8 Å². The van der Waals surface area contributed by atoms with E-state index in [0.717, 1.165) is 0 Å². The molecule has 0 N–H and O–H groups in total. The third kappa shape index (κ3) is 4.08. The highest BCUT2D eigenvalue weighted by atomic mass is 19.1. The number of nitro benzene ring substituents is 1. The zero-order valence-electron chi connectivity index (χ0n) is 15.0. The molecule has 0 saturated heterocycles. The van der Waals surface area contributed by atoms with Crippen LogP contribution in [0.5, 0.6) is 5.75 Å². The summed E-state index contributed by atoms with van der Waals surface area (Å²) in [5.74, 6) is -0.792. The van der Waals surface area contributed by atoms with Crippen molar-refractivity contribution in [3.8, 4) is 5.75 Å². The molecule has 2 rings (SSSR count). The van der Waals surface area contributed by atoms with Gasteiger partial charge in [-0.2, -0.15) is 0 Å². The number of methoxy groups -OCH3 is 1. The third-order valence-corrected chi connectivity index (χ3v) is 3.89. The van der Waals surface area contributed by atoms with Crippen LogP contribution in [0.2, 0.25) is 0 Å². The fourth-order valence-electron chi connectivity index (χ4n) is 2.56. The van der Waals surface area contributed by atoms with Crippen molar-refractivity contribution >= 4 is 17.3 Å². The van der Waals surface area contributed by atoms with Crippen molar-refractivity contribution in [3.63, 3.8) is 0 Å². The van der Waals surface area contributed by atoms with E-state index in [1.807, 2.05) is 0 Å². The first kappa shape index (κ1) is 19.2. The van der Waals surface area contributed by atoms with Crippen molar-refractivity contribution in [1.29, 1.82) is 0 Å². The predicted molar refractivity (Wildman–Crippen MR) is 96.2 cm³/mol. The molecule has 26 heavy (non-hydrogen) atoms. The second-order valence-corrected chi connectivity index (χ2v) is 5.98. The molecule has 0 atom stereocenters. The minimum atomic E-state index is -0.547. The van der Waals surface area contributed by atoms with Gasteiger partial charge in [0.05, 0.1) is 17.6 Å². The topological polar surface area (TPSA) is 75.9 Å². The first-order chi connectivity index (χ1) is 12.2. The van der Waals surface area contributed by atoms with Crippen molar-refractivity contribution in [2.45, 2.75) is 6.54 Å². The third-order valence-electron chi connectivity index (χ3n) is 3.89. The molecular formula is C18H20FN3O4. The van der Waals surface area contributed by atoms with Gasteiger partial charge in [0.15, 0.2) is 11.6 Å². The lowest BCUT2D eigenvalue weighted by Gasteiger charge is -2.22. The van der Waals surface area contributed by atoms with Crippen molar-refractivity contribution in [2.75, 3.05) is 33.2 Å². The zero-order valence-corrected chi connectivity index (χ0v) is 15.0. The van der Waals surface area contributed by atoms with Crippen molar-refractivity contribution < 1.29 is 18.8 Å². The number of amides is 1. The Hall–Kier alpha value is -3.16. The van der Waals surface area contributed by atoms with Crippen molar-refractivity contribution in [1.82, 2.24) is 4.90 Å². The second-order valence-electron chi connectivity index (χ2n) is 5.98. The molecule has 1 amide bonds. The summed E-state index contributed by atoms with van der Waals surface area (Å²) < 4.78 is 18.7. The number of carbonyl (C=O) groups excluding carboxylic acids is 1. The molecule has 0 aromatic heterocycles. The van der Waals surface area contributed by atoms with Crippen LogP contribution in [0.15, 0.2) is 36.4 Å². The molecular weight excluding hydrogens is 341 g/mol. The van der Waals surface area contributed by atoms with E-state index in [2.05, 4.69) is 0 Å². The Morgan fingerprint density at radius 2 is 1.88 bits per heavy atom. The molecule has 0 fully saturated rings. The van der Waals surface area contributed by atoms with Gasteiger partial charge in [-0.05, 0) is 23.8 Å². The quantitative estimate of drug-likeness (QED) is 0.584. The van der Waals surface area contributed by atoms with E-state index in [0.29, 0.717) is 11.3 Å². The van der Waals surface area contributed by atoms with Gasteiger partial charge in [0.2, 0.25) is 0 Å². The predicted octanol–water partition coefficient (Wildman–Crippen LogP) is 3.08. The summed E-state index contributed by atoms with van der Waals surface area (Å²) in [6, 6.07) is 8.58. The van der Waals surface area contributed by atoms with E-state index >= 15 is 0 Å². The lowest BCUT2D eigenvalue weighted by molar-refractivity contribution is -0.384. The minimum absolute atomic E-state index is 0.122. The maximum Gasteiger partial charge on any atom is 0.270 e. The van der Waals surface area contributed by atoms with Crippen molar-refractivity contribution in [3.05, 3.63) is 63.5 Å². The standard InChI is InChI=1S/C18H20FN3O4/c1-20(2)16-7-6-13(22(24)25)10-14(16)18(23)21(3)11-12-5-8-17(26-4)15(19)9-12/h5-10H,11H2,1-4H3. The number of benzene rings is 2. The number of nitrogens with zero attached hydrogens (tertiary/aromatic N) is 3. The van der Waals surface area contributed by atoms with Gasteiger partial charge in [-0.1, -0.05) is 6.07 Å². The molecule has 0 aliphatic rings. The maximum absolute atomic E-state index is 13.8. The average molecular weight is 361 g/mol. The number of non-ortho nitro benzene ring substituents is 1. The van der Waals surface area contributed by atoms with E-state index in [1.54, 1.807) is 32.1 Å². The molecule has 0 unspecified atom stereocenters. The molecule has 0 saturated carbocycles. The zero-order chi connectivity index (χ0) is 19.4. The lowest BCUT2D eigenvalue weighted by Crippen LogP contribution is -2.28. The van der Waals surface area contributed by atoms with E-state index in [4.69, 9.17) is 4.74 Å². The fourth-order valence-corrected chi connectivity index (χ4v) is 2.56. The number of halogens is 1. The van der Waals surface area contributed by atoms with Gasteiger partial charge in [0, 0.05) is 45.5 Å². The first-order valence-electron chi connectivity index (χ1n) is 7.78. The molecule has 2 aromatic carbocycles. The van der Waals surface area contributed by atoms with Gasteiger partial charge in [-0.3, -0.25) is 14.9 Å². The lowest BCUT2D eigenvalue weighted by atomic mass is 10.1. The van der Waals surface area contributed by atoms with Crippen LogP contribution >= 0.6 is 0 Å². The number of nitro groups is 1. The van der Waals surface area contributed by atoms with Crippen LogP contribution in [0, 0.1) is 15.9 Å². The Bertz CT molecular complexity index is 839. The van der Waals surface area contributed by atoms with Gasteiger partial charge in [0.1, 0.15) is 0 Å². The van der Waals surface area contributed by atoms with Crippen LogP contribution in [0.3, 0.4) is 0 Å². The Morgan fingerprint density at radius 3 is 2.42 bits per heavy atom. The summed E-state index contributed by atoms with van der Waals surface area (Å²) in [5.41, 5.74) is 1.19. The average Bonchev–Trinajstić information content (AvgIpc) is 2.60. The Kier molecular flexibility index (Phi) is 5.76. The summed E-state index contributed by atoms with van der Waals surface area (Å²) in [5, 5.41) is 11.0. The summed E-state index contributed by atoms with van der Waals surface area (Å²) >= 11 is 0. The van der Waals surface area contributed by atoms with Gasteiger partial charge in [-0.15, -0.1) is 0 Å². The Morgan fingerprint density at radius 1 is 1.19 bits per heavy atom. The van der Waals surface area contributed by atoms with E-state index in [1.165, 1.54) is 42.3 Å². The Balaban J connectivity index is 2.31. The van der Waals surface area contributed by atoms with E-state index < -0.39 is 16.6 Å². The number of carbonyl (C=O) groups is 1. The van der Waals surface area contributed by atoms with Crippen molar-refractivity contribution in [2.24, 2.45) is 0 Å². The van der Waals surface area contributed by atoms with Gasteiger partial charge in [0.25, 0.3) is 11.6 Å². The molecule has 7 nitrogen and oxygen atoms in total. The highest BCUT2D eigenvalue weighted by Crippen LogP contribution is 2.26. The Labute approximate surface area is 150 Å². The number of hydrogen-bond acceptors (Lipinski definition) is 5. The SMILES string of the molecule is COc1ccc(CN(C)C(=O)c2cc([N+](=O)[O-])ccc2N(C)C)cc1F. The van der Waals surface area contributed by atoms with Crippen LogP contribution < -0.4 is 9.64 Å². The monoisotopic (exact) mass is 361 g/mol. The summed E-state index contributed by atoms with van der Waals surface area (Å²) in [6.07, 6.45) is 0. The molecule has 2 aromatic rings. The smallest absolute Gasteiger partial charge is 0.270 e. The first-order valence-corrected chi connectivity index (χ1v) is 7.78. The molecule has 8 heteroatoms. The van der Waals surface area contributed by atoms with E-state index in [-0.39, 0.29) is 23.5 Å². The minimum Gasteiger partial charge on any atom is -0.494 e.